The fourth-order valence-corrected chi connectivity index (χ4v) is 2.61. The number of hydrogen-bond donors (Lipinski definition) is 1. The van der Waals surface area contributed by atoms with Gasteiger partial charge in [0.15, 0.2) is 0 Å². The number of nitrogens with two attached hydrogens (primary N) is 1. The van der Waals surface area contributed by atoms with Crippen molar-refractivity contribution < 1.29 is 13.5 Å². The summed E-state index contributed by atoms with van der Waals surface area (Å²) < 4.78 is 32.5. The van der Waals surface area contributed by atoms with Gasteiger partial charge in [-0.3, -0.25) is 0 Å². The first-order chi connectivity index (χ1) is 9.43. The largest absolute Gasteiger partial charge is 0.496 e. The molecule has 0 aliphatic carbocycles. The van der Waals surface area contributed by atoms with Crippen molar-refractivity contribution in [2.24, 2.45) is 5.73 Å². The minimum Gasteiger partial charge on any atom is -0.496 e. The van der Waals surface area contributed by atoms with Crippen molar-refractivity contribution in [1.82, 2.24) is 0 Å². The van der Waals surface area contributed by atoms with Crippen molar-refractivity contribution >= 4 is 31.9 Å². The minimum atomic E-state index is -0.557. The molecule has 0 amide bonds. The molecule has 0 heterocycles. The van der Waals surface area contributed by atoms with Gasteiger partial charge in [0, 0.05) is 11.6 Å². The summed E-state index contributed by atoms with van der Waals surface area (Å²) in [7, 11) is 1.44. The lowest BCUT2D eigenvalue weighted by atomic mass is 9.98. The molecule has 1 unspecified atom stereocenters. The van der Waals surface area contributed by atoms with Crippen LogP contribution in [0.15, 0.2) is 39.3 Å². The Kier molecular flexibility index (Phi) is 4.78. The van der Waals surface area contributed by atoms with E-state index in [-0.39, 0.29) is 5.82 Å². The van der Waals surface area contributed by atoms with E-state index in [4.69, 9.17) is 10.5 Å². The fourth-order valence-electron chi connectivity index (χ4n) is 1.85. The van der Waals surface area contributed by atoms with Crippen molar-refractivity contribution in [1.29, 1.82) is 0 Å². The summed E-state index contributed by atoms with van der Waals surface area (Å²) in [5.74, 6) is -0.454. The number of halogens is 4. The van der Waals surface area contributed by atoms with Gasteiger partial charge in [0.25, 0.3) is 0 Å². The highest BCUT2D eigenvalue weighted by Gasteiger charge is 2.18. The number of rotatable bonds is 3. The molecule has 2 nitrogen and oxygen atoms in total. The van der Waals surface area contributed by atoms with Crippen molar-refractivity contribution in [3.63, 3.8) is 0 Å². The Morgan fingerprint density at radius 1 is 1.05 bits per heavy atom. The average molecular weight is 407 g/mol. The Morgan fingerprint density at radius 3 is 2.30 bits per heavy atom. The third kappa shape index (κ3) is 3.02. The molecule has 20 heavy (non-hydrogen) atoms. The van der Waals surface area contributed by atoms with Crippen LogP contribution in [0.2, 0.25) is 0 Å². The molecule has 2 rings (SSSR count). The topological polar surface area (TPSA) is 35.2 Å². The van der Waals surface area contributed by atoms with Crippen LogP contribution in [-0.4, -0.2) is 7.11 Å². The minimum absolute atomic E-state index is 0.296. The van der Waals surface area contributed by atoms with E-state index in [1.807, 2.05) is 0 Å². The molecule has 6 heteroatoms. The molecular formula is C14H11Br2F2NO. The summed E-state index contributed by atoms with van der Waals surface area (Å²) in [6.45, 7) is 0. The quantitative estimate of drug-likeness (QED) is 0.811. The molecular weight excluding hydrogens is 396 g/mol. The zero-order valence-electron chi connectivity index (χ0n) is 10.5. The third-order valence-corrected chi connectivity index (χ3v) is 4.13. The molecule has 0 fully saturated rings. The number of hydrogen-bond acceptors (Lipinski definition) is 2. The first kappa shape index (κ1) is 15.4. The second kappa shape index (κ2) is 6.20. The Bertz CT molecular complexity index is 649. The molecule has 0 spiro atoms. The van der Waals surface area contributed by atoms with Crippen molar-refractivity contribution in [2.45, 2.75) is 6.04 Å². The molecule has 0 saturated heterocycles. The zero-order chi connectivity index (χ0) is 14.9. The second-order valence-corrected chi connectivity index (χ2v) is 5.87. The van der Waals surface area contributed by atoms with Gasteiger partial charge in [-0.1, -0.05) is 6.07 Å². The molecule has 0 radical (unpaired) electrons. The van der Waals surface area contributed by atoms with E-state index in [0.717, 1.165) is 0 Å². The smallest absolute Gasteiger partial charge is 0.141 e. The van der Waals surface area contributed by atoms with E-state index in [0.29, 0.717) is 25.8 Å². The van der Waals surface area contributed by atoms with Crippen LogP contribution in [0.5, 0.6) is 5.75 Å². The fraction of sp³-hybridized carbons (Fsp3) is 0.143. The summed E-state index contributed by atoms with van der Waals surface area (Å²) in [6.07, 6.45) is 0. The maximum Gasteiger partial charge on any atom is 0.141 e. The molecule has 106 valence electrons. The van der Waals surface area contributed by atoms with Crippen LogP contribution in [0, 0.1) is 11.6 Å². The zero-order valence-corrected chi connectivity index (χ0v) is 13.6. The van der Waals surface area contributed by atoms with Crippen LogP contribution in [0.3, 0.4) is 0 Å². The maximum atomic E-state index is 13.5. The first-order valence-electron chi connectivity index (χ1n) is 5.67. The van der Waals surface area contributed by atoms with Gasteiger partial charge in [0.05, 0.1) is 22.1 Å². The monoisotopic (exact) mass is 405 g/mol. The van der Waals surface area contributed by atoms with Crippen LogP contribution in [0.1, 0.15) is 17.2 Å². The molecule has 0 aromatic heterocycles. The summed E-state index contributed by atoms with van der Waals surface area (Å²) in [5, 5.41) is 0. The van der Waals surface area contributed by atoms with Crippen LogP contribution >= 0.6 is 31.9 Å². The SMILES string of the molecule is COc1cc(F)c(Br)cc1C(N)c1ccc(F)c(Br)c1. The van der Waals surface area contributed by atoms with Gasteiger partial charge in [-0.25, -0.2) is 8.78 Å². The Balaban J connectivity index is 2.49. The number of methoxy groups -OCH3 is 1. The van der Waals surface area contributed by atoms with E-state index >= 15 is 0 Å². The molecule has 2 aromatic carbocycles. The molecule has 0 aliphatic heterocycles. The van der Waals surface area contributed by atoms with Crippen LogP contribution in [0.25, 0.3) is 0 Å². The van der Waals surface area contributed by atoms with Crippen molar-refractivity contribution in [2.75, 3.05) is 7.11 Å². The lowest BCUT2D eigenvalue weighted by Gasteiger charge is -2.17. The Hall–Kier alpha value is -0.980. The van der Waals surface area contributed by atoms with Crippen LogP contribution in [-0.2, 0) is 0 Å². The van der Waals surface area contributed by atoms with E-state index < -0.39 is 11.9 Å². The summed E-state index contributed by atoms with van der Waals surface area (Å²) in [6, 6.07) is 6.77. The molecule has 0 aliphatic rings. The Labute approximate surface area is 132 Å². The Morgan fingerprint density at radius 2 is 1.70 bits per heavy atom. The van der Waals surface area contributed by atoms with Crippen LogP contribution in [0.4, 0.5) is 8.78 Å². The van der Waals surface area contributed by atoms with Gasteiger partial charge in [0.2, 0.25) is 0 Å². The van der Waals surface area contributed by atoms with E-state index in [9.17, 15) is 8.78 Å². The molecule has 0 bridgehead atoms. The van der Waals surface area contributed by atoms with Gasteiger partial charge in [-0.2, -0.15) is 0 Å². The molecule has 1 atom stereocenters. The van der Waals surface area contributed by atoms with E-state index in [1.54, 1.807) is 18.2 Å². The maximum absolute atomic E-state index is 13.5. The van der Waals surface area contributed by atoms with E-state index in [2.05, 4.69) is 31.9 Å². The second-order valence-electron chi connectivity index (χ2n) is 4.16. The first-order valence-corrected chi connectivity index (χ1v) is 7.26. The predicted molar refractivity (Wildman–Crippen MR) is 80.8 cm³/mol. The number of ether oxygens (including phenoxy) is 1. The van der Waals surface area contributed by atoms with Crippen LogP contribution < -0.4 is 10.5 Å². The normalized spacial score (nSPS) is 12.3. The van der Waals surface area contributed by atoms with Gasteiger partial charge in [-0.05, 0) is 55.6 Å². The standard InChI is InChI=1S/C14H11Br2F2NO/c1-20-13-6-12(18)10(16)5-8(13)14(19)7-2-3-11(17)9(15)4-7/h2-6,14H,19H2,1H3. The van der Waals surface area contributed by atoms with E-state index in [1.165, 1.54) is 19.2 Å². The summed E-state index contributed by atoms with van der Waals surface area (Å²) in [4.78, 5) is 0. The van der Waals surface area contributed by atoms with Gasteiger partial charge < -0.3 is 10.5 Å². The van der Waals surface area contributed by atoms with Gasteiger partial charge >= 0.3 is 0 Å². The highest BCUT2D eigenvalue weighted by molar-refractivity contribution is 9.10. The summed E-state index contributed by atoms with van der Waals surface area (Å²) >= 11 is 6.24. The lowest BCUT2D eigenvalue weighted by Crippen LogP contribution is -2.13. The molecule has 2 N–H and O–H groups in total. The summed E-state index contributed by atoms with van der Waals surface area (Å²) in [5.41, 5.74) is 7.46. The number of benzene rings is 2. The molecule has 0 saturated carbocycles. The third-order valence-electron chi connectivity index (χ3n) is 2.91. The lowest BCUT2D eigenvalue weighted by molar-refractivity contribution is 0.404. The van der Waals surface area contributed by atoms with Crippen molar-refractivity contribution in [3.8, 4) is 5.75 Å². The molecule has 2 aromatic rings. The highest BCUT2D eigenvalue weighted by atomic mass is 79.9. The predicted octanol–water partition coefficient (Wildman–Crippen LogP) is 4.55. The van der Waals surface area contributed by atoms with Gasteiger partial charge in [-0.15, -0.1) is 0 Å². The van der Waals surface area contributed by atoms with Crippen molar-refractivity contribution in [3.05, 3.63) is 62.0 Å². The highest BCUT2D eigenvalue weighted by Crippen LogP contribution is 2.33. The van der Waals surface area contributed by atoms with Gasteiger partial charge in [0.1, 0.15) is 17.4 Å². The average Bonchev–Trinajstić information content (AvgIpc) is 2.43.